The van der Waals surface area contributed by atoms with Crippen LogP contribution in [-0.4, -0.2) is 45.2 Å². The van der Waals surface area contributed by atoms with Crippen molar-refractivity contribution >= 4 is 55.9 Å². The third-order valence-corrected chi connectivity index (χ3v) is 7.18. The first-order chi connectivity index (χ1) is 19.5. The first-order valence-electron chi connectivity index (χ1n) is 12.2. The number of nitrogens with zero attached hydrogens (tertiary/aromatic N) is 2. The van der Waals surface area contributed by atoms with Crippen LogP contribution in [0.3, 0.4) is 0 Å². The number of nitrogens with two attached hydrogens (primary N) is 1. The number of pyridine rings is 1. The van der Waals surface area contributed by atoms with E-state index in [0.717, 1.165) is 24.4 Å². The normalized spacial score (nSPS) is 11.9. The van der Waals surface area contributed by atoms with E-state index in [9.17, 15) is 17.6 Å². The SMILES string of the molecule is COCCN(c1nccc(Cc2cc(C(=O)NOC(C)(C)C)c(Nc3ccc(I)cc3F)c(F)c2F)c1F)S(N)(=O)=O. The minimum atomic E-state index is -4.48. The summed E-state index contributed by atoms with van der Waals surface area (Å²) in [4.78, 5) is 22.1. The summed E-state index contributed by atoms with van der Waals surface area (Å²) in [5.74, 6) is -6.66. The van der Waals surface area contributed by atoms with Gasteiger partial charge in [-0.2, -0.15) is 8.42 Å². The zero-order valence-electron chi connectivity index (χ0n) is 22.9. The largest absolute Gasteiger partial charge is 0.383 e. The molecule has 4 N–H and O–H groups in total. The highest BCUT2D eigenvalue weighted by Gasteiger charge is 2.28. The molecule has 0 saturated heterocycles. The van der Waals surface area contributed by atoms with Crippen molar-refractivity contribution in [1.29, 1.82) is 0 Å². The van der Waals surface area contributed by atoms with Gasteiger partial charge in [0.25, 0.3) is 16.1 Å². The second-order valence-electron chi connectivity index (χ2n) is 9.88. The molecule has 1 aromatic heterocycles. The van der Waals surface area contributed by atoms with E-state index in [-0.39, 0.29) is 24.4 Å². The van der Waals surface area contributed by atoms with Crippen LogP contribution < -0.4 is 20.2 Å². The van der Waals surface area contributed by atoms with Gasteiger partial charge in [-0.15, -0.1) is 0 Å². The summed E-state index contributed by atoms with van der Waals surface area (Å²) in [6, 6.07) is 6.02. The monoisotopic (exact) mass is 725 g/mol. The average Bonchev–Trinajstić information content (AvgIpc) is 2.89. The third kappa shape index (κ3) is 8.27. The Labute approximate surface area is 253 Å². The van der Waals surface area contributed by atoms with Crippen LogP contribution in [0.5, 0.6) is 0 Å². The molecule has 10 nitrogen and oxygen atoms in total. The van der Waals surface area contributed by atoms with E-state index < -0.39 is 74.0 Å². The Hall–Kier alpha value is -3.06. The van der Waals surface area contributed by atoms with Crippen LogP contribution in [0, 0.1) is 26.8 Å². The fourth-order valence-electron chi connectivity index (χ4n) is 3.60. The van der Waals surface area contributed by atoms with Gasteiger partial charge in [0.05, 0.1) is 35.7 Å². The van der Waals surface area contributed by atoms with Gasteiger partial charge in [0, 0.05) is 23.3 Å². The molecule has 0 unspecified atom stereocenters. The minimum absolute atomic E-state index is 0.146. The Morgan fingerprint density at radius 3 is 2.36 bits per heavy atom. The van der Waals surface area contributed by atoms with Gasteiger partial charge in [-0.3, -0.25) is 9.63 Å². The quantitative estimate of drug-likeness (QED) is 0.148. The lowest BCUT2D eigenvalue weighted by atomic mass is 9.99. The van der Waals surface area contributed by atoms with Crippen LogP contribution >= 0.6 is 22.6 Å². The van der Waals surface area contributed by atoms with Crippen molar-refractivity contribution in [3.05, 3.63) is 80.1 Å². The van der Waals surface area contributed by atoms with Crippen LogP contribution in [0.15, 0.2) is 36.5 Å². The number of halogens is 5. The van der Waals surface area contributed by atoms with Gasteiger partial charge in [0.15, 0.2) is 23.3 Å². The third-order valence-electron chi connectivity index (χ3n) is 5.54. The summed E-state index contributed by atoms with van der Waals surface area (Å²) in [7, 11) is -3.19. The number of hydrogen-bond donors (Lipinski definition) is 3. The number of nitrogens with one attached hydrogen (secondary N) is 2. The van der Waals surface area contributed by atoms with Crippen LogP contribution in [0.1, 0.15) is 42.3 Å². The lowest BCUT2D eigenvalue weighted by Gasteiger charge is -2.22. The maximum atomic E-state index is 15.6. The van der Waals surface area contributed by atoms with Gasteiger partial charge in [0.1, 0.15) is 5.82 Å². The number of benzene rings is 2. The minimum Gasteiger partial charge on any atom is -0.383 e. The Morgan fingerprint density at radius 2 is 1.76 bits per heavy atom. The molecule has 0 aliphatic heterocycles. The van der Waals surface area contributed by atoms with Crippen LogP contribution in [0.4, 0.5) is 34.8 Å². The molecule has 1 amide bonds. The molecule has 0 aliphatic carbocycles. The summed E-state index contributed by atoms with van der Waals surface area (Å²) in [5.41, 5.74) is -0.880. The molecule has 1 heterocycles. The van der Waals surface area contributed by atoms with Crippen molar-refractivity contribution in [3.8, 4) is 0 Å². The first-order valence-corrected chi connectivity index (χ1v) is 14.8. The van der Waals surface area contributed by atoms with E-state index >= 15 is 13.2 Å². The average molecular weight is 726 g/mol. The molecule has 16 heteroatoms. The fraction of sp³-hybridized carbons (Fsp3) is 0.308. The van der Waals surface area contributed by atoms with Crippen LogP contribution in [-0.2, 0) is 26.2 Å². The number of carbonyl (C=O) groups is 1. The highest BCUT2D eigenvalue weighted by Crippen LogP contribution is 2.32. The number of aromatic nitrogens is 1. The predicted molar refractivity (Wildman–Crippen MR) is 156 cm³/mol. The number of ether oxygens (including phenoxy) is 1. The Balaban J connectivity index is 2.12. The van der Waals surface area contributed by atoms with E-state index in [0.29, 0.717) is 7.88 Å². The summed E-state index contributed by atoms with van der Waals surface area (Å²) in [6.45, 7) is 4.37. The molecule has 0 saturated carbocycles. The number of methoxy groups -OCH3 is 1. The van der Waals surface area contributed by atoms with Gasteiger partial charge in [0.2, 0.25) is 0 Å². The van der Waals surface area contributed by atoms with Crippen molar-refractivity contribution < 1.29 is 40.3 Å². The lowest BCUT2D eigenvalue weighted by molar-refractivity contribution is -0.0589. The zero-order chi connectivity index (χ0) is 31.4. The van der Waals surface area contributed by atoms with E-state index in [4.69, 9.17) is 14.7 Å². The van der Waals surface area contributed by atoms with Crippen LogP contribution in [0.2, 0.25) is 0 Å². The summed E-state index contributed by atoms with van der Waals surface area (Å²) in [5, 5.41) is 7.64. The molecule has 0 spiro atoms. The maximum absolute atomic E-state index is 15.6. The van der Waals surface area contributed by atoms with Crippen molar-refractivity contribution in [1.82, 2.24) is 10.5 Å². The number of carbonyl (C=O) groups excluding carboxylic acids is 1. The number of rotatable bonds is 11. The Kier molecular flexibility index (Phi) is 10.7. The second-order valence-corrected chi connectivity index (χ2v) is 12.6. The van der Waals surface area contributed by atoms with Crippen molar-refractivity contribution in [2.24, 2.45) is 5.14 Å². The molecule has 3 aromatic rings. The number of amides is 1. The maximum Gasteiger partial charge on any atom is 0.300 e. The Morgan fingerprint density at radius 1 is 1.07 bits per heavy atom. The molecular weight excluding hydrogens is 697 g/mol. The van der Waals surface area contributed by atoms with Crippen molar-refractivity contribution in [3.63, 3.8) is 0 Å². The van der Waals surface area contributed by atoms with E-state index in [2.05, 4.69) is 15.8 Å². The van der Waals surface area contributed by atoms with Gasteiger partial charge in [-0.05, 0) is 84.8 Å². The summed E-state index contributed by atoms with van der Waals surface area (Å²) in [6.07, 6.45) is 0.429. The molecule has 0 atom stereocenters. The second kappa shape index (κ2) is 13.5. The highest BCUT2D eigenvalue weighted by molar-refractivity contribution is 14.1. The van der Waals surface area contributed by atoms with Crippen molar-refractivity contribution in [2.45, 2.75) is 32.8 Å². The number of hydroxylamine groups is 1. The predicted octanol–water partition coefficient (Wildman–Crippen LogP) is 4.69. The zero-order valence-corrected chi connectivity index (χ0v) is 25.9. The molecule has 2 aromatic carbocycles. The standard InChI is InChI=1S/C26H28F4IN5O5S/c1-26(2,3)41-35-25(37)17-12-15(20(28)22(30)23(17)34-19-6-5-16(31)13-18(19)27)11-14-7-8-33-24(21(14)29)36(9-10-40-4)42(32,38)39/h5-8,12-13,34H,9-11H2,1-4H3,(H,35,37)(H2,32,38,39). The molecule has 0 fully saturated rings. The molecule has 3 rings (SSSR count). The van der Waals surface area contributed by atoms with Gasteiger partial charge >= 0.3 is 0 Å². The molecular formula is C26H28F4IN5O5S. The molecule has 0 aliphatic rings. The van der Waals surface area contributed by atoms with E-state index in [1.807, 2.05) is 22.6 Å². The van der Waals surface area contributed by atoms with E-state index in [1.54, 1.807) is 20.8 Å². The highest BCUT2D eigenvalue weighted by atomic mass is 127. The first kappa shape index (κ1) is 33.4. The van der Waals surface area contributed by atoms with Gasteiger partial charge in [-0.1, -0.05) is 0 Å². The smallest absolute Gasteiger partial charge is 0.300 e. The fourth-order valence-corrected chi connectivity index (χ4v) is 4.75. The number of anilines is 3. The Bertz CT molecular complexity index is 1590. The topological polar surface area (TPSA) is 136 Å². The van der Waals surface area contributed by atoms with Gasteiger partial charge < -0.3 is 10.1 Å². The number of hydrogen-bond acceptors (Lipinski definition) is 7. The molecule has 0 radical (unpaired) electrons. The summed E-state index contributed by atoms with van der Waals surface area (Å²) < 4.78 is 91.1. The molecule has 228 valence electrons. The van der Waals surface area contributed by atoms with Crippen molar-refractivity contribution in [2.75, 3.05) is 29.9 Å². The van der Waals surface area contributed by atoms with Crippen LogP contribution in [0.25, 0.3) is 0 Å². The van der Waals surface area contributed by atoms with E-state index in [1.165, 1.54) is 19.2 Å². The lowest BCUT2D eigenvalue weighted by Crippen LogP contribution is -2.40. The summed E-state index contributed by atoms with van der Waals surface area (Å²) >= 11 is 1.87. The molecule has 0 bridgehead atoms. The molecule has 42 heavy (non-hydrogen) atoms. The van der Waals surface area contributed by atoms with Gasteiger partial charge in [-0.25, -0.2) is 37.5 Å².